The van der Waals surface area contributed by atoms with Crippen LogP contribution in [0.3, 0.4) is 0 Å². The summed E-state index contributed by atoms with van der Waals surface area (Å²) in [5, 5.41) is 3.78. The number of aromatic nitrogens is 2. The molecule has 0 aliphatic carbocycles. The summed E-state index contributed by atoms with van der Waals surface area (Å²) in [4.78, 5) is 4.19. The van der Waals surface area contributed by atoms with E-state index >= 15 is 0 Å². The molecule has 0 aliphatic heterocycles. The number of anilines is 1. The Labute approximate surface area is 121 Å². The maximum absolute atomic E-state index is 11.9. The fraction of sp³-hybridized carbons (Fsp3) is 0.429. The fourth-order valence-electron chi connectivity index (χ4n) is 1.83. The smallest absolute Gasteiger partial charge is 0.261 e. The Kier molecular flexibility index (Phi) is 5.62. The van der Waals surface area contributed by atoms with Crippen LogP contribution in [0, 0.1) is 0 Å². The third kappa shape index (κ3) is 5.11. The lowest BCUT2D eigenvalue weighted by Crippen LogP contribution is -2.07. The van der Waals surface area contributed by atoms with Gasteiger partial charge in [0.2, 0.25) is 5.89 Å². The molecule has 1 heterocycles. The summed E-state index contributed by atoms with van der Waals surface area (Å²) in [6.07, 6.45) is -0.818. The molecule has 0 fully saturated rings. The summed E-state index contributed by atoms with van der Waals surface area (Å²) in [6.45, 7) is -0.424. The fourth-order valence-corrected chi connectivity index (χ4v) is 1.83. The van der Waals surface area contributed by atoms with Crippen molar-refractivity contribution in [3.05, 3.63) is 41.5 Å². The number of nitrogens with two attached hydrogens (primary N) is 1. The molecule has 0 amide bonds. The Morgan fingerprint density at radius 2 is 2.00 bits per heavy atom. The SMILES string of the molecule is Nc1ccccc1CCc1nc(CCOCC(F)F)no1. The lowest BCUT2D eigenvalue weighted by molar-refractivity contribution is 0.0182. The molecule has 2 aromatic rings. The number of nitrogens with zero attached hydrogens (tertiary/aromatic N) is 2. The van der Waals surface area contributed by atoms with Crippen LogP contribution >= 0.6 is 0 Å². The van der Waals surface area contributed by atoms with Gasteiger partial charge in [-0.05, 0) is 18.1 Å². The number of nitrogen functional groups attached to an aromatic ring is 1. The molecule has 21 heavy (non-hydrogen) atoms. The number of hydrogen-bond donors (Lipinski definition) is 1. The molecule has 5 nitrogen and oxygen atoms in total. The largest absolute Gasteiger partial charge is 0.399 e. The van der Waals surface area contributed by atoms with Gasteiger partial charge in [-0.15, -0.1) is 0 Å². The van der Waals surface area contributed by atoms with E-state index in [0.29, 0.717) is 31.0 Å². The van der Waals surface area contributed by atoms with Gasteiger partial charge < -0.3 is 15.0 Å². The predicted molar refractivity (Wildman–Crippen MR) is 73.1 cm³/mol. The highest BCUT2D eigenvalue weighted by molar-refractivity contribution is 5.46. The molecule has 0 atom stereocenters. The lowest BCUT2D eigenvalue weighted by atomic mass is 10.1. The monoisotopic (exact) mass is 297 g/mol. The molecule has 114 valence electrons. The average molecular weight is 297 g/mol. The van der Waals surface area contributed by atoms with Gasteiger partial charge in [0.05, 0.1) is 6.61 Å². The van der Waals surface area contributed by atoms with Crippen LogP contribution in [0.1, 0.15) is 17.3 Å². The second-order valence-corrected chi connectivity index (χ2v) is 4.52. The minimum atomic E-state index is -2.46. The molecule has 0 saturated heterocycles. The van der Waals surface area contributed by atoms with Gasteiger partial charge in [0.15, 0.2) is 5.82 Å². The number of ether oxygens (including phenoxy) is 1. The van der Waals surface area contributed by atoms with Crippen molar-refractivity contribution in [1.82, 2.24) is 10.1 Å². The normalized spacial score (nSPS) is 11.2. The lowest BCUT2D eigenvalue weighted by Gasteiger charge is -2.02. The van der Waals surface area contributed by atoms with Crippen molar-refractivity contribution < 1.29 is 18.0 Å². The van der Waals surface area contributed by atoms with E-state index in [9.17, 15) is 8.78 Å². The second kappa shape index (κ2) is 7.68. The minimum absolute atomic E-state index is 0.148. The van der Waals surface area contributed by atoms with Crippen LogP contribution in [0.25, 0.3) is 0 Å². The Hall–Kier alpha value is -2.02. The second-order valence-electron chi connectivity index (χ2n) is 4.52. The van der Waals surface area contributed by atoms with E-state index in [1.807, 2.05) is 24.3 Å². The highest BCUT2D eigenvalue weighted by Crippen LogP contribution is 2.13. The van der Waals surface area contributed by atoms with E-state index in [2.05, 4.69) is 10.1 Å². The van der Waals surface area contributed by atoms with Crippen molar-refractivity contribution in [2.75, 3.05) is 18.9 Å². The zero-order chi connectivity index (χ0) is 15.1. The van der Waals surface area contributed by atoms with Gasteiger partial charge in [-0.3, -0.25) is 0 Å². The van der Waals surface area contributed by atoms with Gasteiger partial charge in [-0.2, -0.15) is 4.98 Å². The van der Waals surface area contributed by atoms with Crippen LogP contribution in [0.2, 0.25) is 0 Å². The van der Waals surface area contributed by atoms with Gasteiger partial charge in [0, 0.05) is 18.5 Å². The maximum Gasteiger partial charge on any atom is 0.261 e. The molecular weight excluding hydrogens is 280 g/mol. The number of alkyl halides is 2. The molecule has 0 unspecified atom stereocenters. The number of hydrogen-bond acceptors (Lipinski definition) is 5. The number of benzene rings is 1. The molecule has 7 heteroatoms. The molecule has 2 rings (SSSR count). The van der Waals surface area contributed by atoms with Crippen molar-refractivity contribution >= 4 is 5.69 Å². The van der Waals surface area contributed by atoms with Crippen molar-refractivity contribution in [2.24, 2.45) is 0 Å². The highest BCUT2D eigenvalue weighted by Gasteiger charge is 2.08. The van der Waals surface area contributed by atoms with Gasteiger partial charge >= 0.3 is 0 Å². The molecule has 1 aromatic carbocycles. The zero-order valence-corrected chi connectivity index (χ0v) is 11.5. The highest BCUT2D eigenvalue weighted by atomic mass is 19.3. The Balaban J connectivity index is 1.77. The van der Waals surface area contributed by atoms with E-state index in [-0.39, 0.29) is 6.61 Å². The topological polar surface area (TPSA) is 74.2 Å². The first-order valence-corrected chi connectivity index (χ1v) is 6.66. The van der Waals surface area contributed by atoms with Crippen LogP contribution in [0.5, 0.6) is 0 Å². The average Bonchev–Trinajstić information content (AvgIpc) is 2.90. The van der Waals surface area contributed by atoms with Crippen molar-refractivity contribution in [1.29, 1.82) is 0 Å². The Bertz CT molecular complexity index is 561. The van der Waals surface area contributed by atoms with E-state index in [0.717, 1.165) is 11.3 Å². The van der Waals surface area contributed by atoms with Crippen LogP contribution in [-0.2, 0) is 24.0 Å². The first-order chi connectivity index (χ1) is 10.1. The standard InChI is InChI=1S/C14H17F2N3O2/c15-12(16)9-20-8-7-13-18-14(21-19-13)6-5-10-3-1-2-4-11(10)17/h1-4,12H,5-9,17H2. The number of aryl methyl sites for hydroxylation is 2. The van der Waals surface area contributed by atoms with Crippen molar-refractivity contribution in [3.8, 4) is 0 Å². The number of para-hydroxylation sites is 1. The summed E-state index contributed by atoms with van der Waals surface area (Å²) in [5.41, 5.74) is 7.61. The molecule has 0 radical (unpaired) electrons. The molecule has 0 aliphatic rings. The Morgan fingerprint density at radius 3 is 2.76 bits per heavy atom. The van der Waals surface area contributed by atoms with E-state index < -0.39 is 13.0 Å². The third-order valence-electron chi connectivity index (χ3n) is 2.89. The van der Waals surface area contributed by atoms with E-state index in [1.165, 1.54) is 0 Å². The number of rotatable bonds is 8. The molecule has 1 aromatic heterocycles. The summed E-state index contributed by atoms with van der Waals surface area (Å²) in [7, 11) is 0. The summed E-state index contributed by atoms with van der Waals surface area (Å²) < 4.78 is 33.6. The molecular formula is C14H17F2N3O2. The maximum atomic E-state index is 11.9. The van der Waals surface area contributed by atoms with Crippen LogP contribution in [0.15, 0.2) is 28.8 Å². The van der Waals surface area contributed by atoms with Gasteiger partial charge in [0.25, 0.3) is 6.43 Å². The van der Waals surface area contributed by atoms with Crippen LogP contribution in [0.4, 0.5) is 14.5 Å². The van der Waals surface area contributed by atoms with Gasteiger partial charge in [-0.25, -0.2) is 8.78 Å². The first kappa shape index (κ1) is 15.4. The summed E-state index contributed by atoms with van der Waals surface area (Å²) in [5.74, 6) is 0.961. The van der Waals surface area contributed by atoms with Crippen LogP contribution < -0.4 is 5.73 Å². The zero-order valence-electron chi connectivity index (χ0n) is 11.5. The van der Waals surface area contributed by atoms with Gasteiger partial charge in [-0.1, -0.05) is 23.4 Å². The Morgan fingerprint density at radius 1 is 1.19 bits per heavy atom. The van der Waals surface area contributed by atoms with E-state index in [4.69, 9.17) is 15.0 Å². The van der Waals surface area contributed by atoms with Gasteiger partial charge in [0.1, 0.15) is 6.61 Å². The van der Waals surface area contributed by atoms with Crippen molar-refractivity contribution in [2.45, 2.75) is 25.7 Å². The minimum Gasteiger partial charge on any atom is -0.399 e. The summed E-state index contributed by atoms with van der Waals surface area (Å²) >= 11 is 0. The number of halogens is 2. The third-order valence-corrected chi connectivity index (χ3v) is 2.89. The molecule has 2 N–H and O–H groups in total. The van der Waals surface area contributed by atoms with E-state index in [1.54, 1.807) is 0 Å². The molecule has 0 bridgehead atoms. The van der Waals surface area contributed by atoms with Crippen molar-refractivity contribution in [3.63, 3.8) is 0 Å². The molecule has 0 spiro atoms. The quantitative estimate of drug-likeness (QED) is 0.597. The predicted octanol–water partition coefficient (Wildman–Crippen LogP) is 2.26. The first-order valence-electron chi connectivity index (χ1n) is 6.66. The molecule has 0 saturated carbocycles. The van der Waals surface area contributed by atoms with Crippen LogP contribution in [-0.4, -0.2) is 29.8 Å². The summed E-state index contributed by atoms with van der Waals surface area (Å²) in [6, 6.07) is 7.59.